The van der Waals surface area contributed by atoms with Gasteiger partial charge in [0.1, 0.15) is 0 Å². The lowest BCUT2D eigenvalue weighted by atomic mass is 9.59. The van der Waals surface area contributed by atoms with Crippen LogP contribution < -0.4 is 4.90 Å². The maximum atomic E-state index is 2.51. The van der Waals surface area contributed by atoms with Crippen LogP contribution in [-0.4, -0.2) is 0 Å². The molecule has 10 aromatic rings. The van der Waals surface area contributed by atoms with Crippen molar-refractivity contribution in [2.45, 2.75) is 30.6 Å². The van der Waals surface area contributed by atoms with E-state index in [1.807, 2.05) is 0 Å². The van der Waals surface area contributed by atoms with E-state index in [9.17, 15) is 0 Å². The molecule has 66 heavy (non-hydrogen) atoms. The van der Waals surface area contributed by atoms with E-state index in [4.69, 9.17) is 0 Å². The molecule has 10 aromatic carbocycles. The van der Waals surface area contributed by atoms with Gasteiger partial charge in [-0.3, -0.25) is 0 Å². The molecule has 1 nitrogen and oxygen atoms in total. The van der Waals surface area contributed by atoms with Crippen LogP contribution in [0, 0.1) is 0 Å². The first-order chi connectivity index (χ1) is 32.5. The van der Waals surface area contributed by atoms with Gasteiger partial charge in [-0.15, -0.1) is 0 Å². The second-order valence-corrected chi connectivity index (χ2v) is 19.1. The third-order valence-electron chi connectivity index (χ3n) is 15.6. The van der Waals surface area contributed by atoms with Crippen LogP contribution in [0.4, 0.5) is 17.1 Å². The molecule has 0 amide bonds. The van der Waals surface area contributed by atoms with E-state index >= 15 is 0 Å². The summed E-state index contributed by atoms with van der Waals surface area (Å²) >= 11 is 0. The molecular weight excluding hydrogens is 795 g/mol. The van der Waals surface area contributed by atoms with Crippen molar-refractivity contribution in [3.63, 3.8) is 0 Å². The van der Waals surface area contributed by atoms with Crippen LogP contribution in [0.25, 0.3) is 55.6 Å². The SMILES string of the molecule is CC1(C)c2ccccc2-c2cc(N(c3ccccc3-c3ccccc3)c3ccccc3-c3ccc4c(c3)-c3ccccc3C43c4ccccc4C4c5ccccc5-c5cccc3c54)ccc21. The Morgan fingerprint density at radius 2 is 0.818 bits per heavy atom. The Balaban J connectivity index is 0.999. The summed E-state index contributed by atoms with van der Waals surface area (Å²) < 4.78 is 0. The zero-order valence-corrected chi connectivity index (χ0v) is 37.0. The number of anilines is 3. The molecular formula is C65H45N. The lowest BCUT2D eigenvalue weighted by Gasteiger charge is -2.42. The van der Waals surface area contributed by atoms with Crippen LogP contribution >= 0.6 is 0 Å². The van der Waals surface area contributed by atoms with Gasteiger partial charge >= 0.3 is 0 Å². The van der Waals surface area contributed by atoms with E-state index in [-0.39, 0.29) is 11.3 Å². The zero-order valence-electron chi connectivity index (χ0n) is 37.0. The fraction of sp³-hybridized carbons (Fsp3) is 0.0769. The Bertz CT molecular complexity index is 3650. The minimum Gasteiger partial charge on any atom is -0.309 e. The van der Waals surface area contributed by atoms with Crippen LogP contribution in [0.3, 0.4) is 0 Å². The van der Waals surface area contributed by atoms with Gasteiger partial charge in [-0.05, 0) is 125 Å². The Kier molecular flexibility index (Phi) is 7.79. The molecule has 0 N–H and O–H groups in total. The molecule has 1 heteroatoms. The number of hydrogen-bond donors (Lipinski definition) is 0. The van der Waals surface area contributed by atoms with Crippen molar-refractivity contribution >= 4 is 17.1 Å². The van der Waals surface area contributed by atoms with Gasteiger partial charge in [-0.25, -0.2) is 0 Å². The predicted molar refractivity (Wildman–Crippen MR) is 273 cm³/mol. The van der Waals surface area contributed by atoms with Crippen LogP contribution in [-0.2, 0) is 10.8 Å². The third kappa shape index (κ3) is 4.90. The first kappa shape index (κ1) is 37.4. The number of para-hydroxylation sites is 2. The highest BCUT2D eigenvalue weighted by molar-refractivity contribution is 5.98. The van der Waals surface area contributed by atoms with Gasteiger partial charge in [0.15, 0.2) is 0 Å². The summed E-state index contributed by atoms with van der Waals surface area (Å²) in [5.41, 5.74) is 28.1. The first-order valence-electron chi connectivity index (χ1n) is 23.4. The maximum absolute atomic E-state index is 2.51. The van der Waals surface area contributed by atoms with E-state index in [0.29, 0.717) is 0 Å². The summed E-state index contributed by atoms with van der Waals surface area (Å²) in [6, 6.07) is 87.0. The quantitative estimate of drug-likeness (QED) is 0.167. The van der Waals surface area contributed by atoms with E-state index in [2.05, 4.69) is 249 Å². The molecule has 0 aromatic heterocycles. The summed E-state index contributed by atoms with van der Waals surface area (Å²) in [6.45, 7) is 4.72. The molecule has 0 saturated carbocycles. The highest BCUT2D eigenvalue weighted by Gasteiger charge is 2.53. The van der Waals surface area contributed by atoms with Crippen LogP contribution in [0.2, 0.25) is 0 Å². The topological polar surface area (TPSA) is 3.24 Å². The molecule has 2 atom stereocenters. The largest absolute Gasteiger partial charge is 0.309 e. The molecule has 0 radical (unpaired) electrons. The van der Waals surface area contributed by atoms with Crippen molar-refractivity contribution in [1.82, 2.24) is 0 Å². The summed E-state index contributed by atoms with van der Waals surface area (Å²) in [6.07, 6.45) is 0. The summed E-state index contributed by atoms with van der Waals surface area (Å²) in [5, 5.41) is 0. The standard InChI is InChI=1S/C65H45N/c1-64(2)54-29-13-8-24-47(54)53-40-43(36-38-55(53)64)66(60-33-16-11-21-44(60)41-19-4-3-5-20-41)61-34-17-12-22-45(61)42-35-37-58-52(39-42)48-25-9-14-30-56(48)65(58)57-31-15-10-27-51(57)62-49-26-7-6-23-46(49)50-28-18-32-59(65)63(50)62/h3-40,62H,1-2H3. The molecule has 0 saturated heterocycles. The molecule has 2 unspecified atom stereocenters. The monoisotopic (exact) mass is 839 g/mol. The number of fused-ring (bicyclic) bond motifs is 15. The molecule has 310 valence electrons. The smallest absolute Gasteiger partial charge is 0.0719 e. The lowest BCUT2D eigenvalue weighted by Crippen LogP contribution is -2.35. The van der Waals surface area contributed by atoms with Gasteiger partial charge in [-0.2, -0.15) is 0 Å². The first-order valence-corrected chi connectivity index (χ1v) is 23.4. The fourth-order valence-corrected chi connectivity index (χ4v) is 12.9. The Morgan fingerprint density at radius 3 is 1.58 bits per heavy atom. The van der Waals surface area contributed by atoms with Gasteiger partial charge < -0.3 is 4.90 Å². The normalized spacial score (nSPS) is 17.0. The van der Waals surface area contributed by atoms with Crippen molar-refractivity contribution in [3.8, 4) is 55.6 Å². The van der Waals surface area contributed by atoms with Crippen LogP contribution in [0.5, 0.6) is 0 Å². The number of benzene rings is 10. The Labute approximate surface area is 387 Å². The molecule has 1 spiro atoms. The zero-order chi connectivity index (χ0) is 43.7. The average Bonchev–Trinajstić information content (AvgIpc) is 3.95. The minimum absolute atomic E-state index is 0.0865. The average molecular weight is 840 g/mol. The van der Waals surface area contributed by atoms with Gasteiger partial charge in [0, 0.05) is 28.1 Å². The minimum atomic E-state index is -0.459. The lowest BCUT2D eigenvalue weighted by molar-refractivity contribution is 0.660. The number of rotatable bonds is 5. The van der Waals surface area contributed by atoms with E-state index < -0.39 is 5.41 Å². The third-order valence-corrected chi connectivity index (χ3v) is 15.6. The summed E-state index contributed by atoms with van der Waals surface area (Å²) in [4.78, 5) is 2.51. The van der Waals surface area contributed by atoms with Crippen molar-refractivity contribution in [2.75, 3.05) is 4.90 Å². The fourth-order valence-electron chi connectivity index (χ4n) is 12.9. The maximum Gasteiger partial charge on any atom is 0.0719 e. The molecule has 0 aliphatic heterocycles. The molecule has 0 bridgehead atoms. The second kappa shape index (κ2) is 13.8. The van der Waals surface area contributed by atoms with Gasteiger partial charge in [0.05, 0.1) is 16.8 Å². The highest BCUT2D eigenvalue weighted by Crippen LogP contribution is 2.65. The molecule has 14 rings (SSSR count). The molecule has 4 aliphatic rings. The van der Waals surface area contributed by atoms with Gasteiger partial charge in [-0.1, -0.05) is 214 Å². The van der Waals surface area contributed by atoms with Crippen LogP contribution in [0.1, 0.15) is 69.8 Å². The molecule has 4 aliphatic carbocycles. The van der Waals surface area contributed by atoms with Gasteiger partial charge in [0.25, 0.3) is 0 Å². The van der Waals surface area contributed by atoms with Crippen molar-refractivity contribution < 1.29 is 0 Å². The van der Waals surface area contributed by atoms with Crippen molar-refractivity contribution in [1.29, 1.82) is 0 Å². The van der Waals surface area contributed by atoms with E-state index in [0.717, 1.165) is 17.1 Å². The van der Waals surface area contributed by atoms with Crippen LogP contribution in [0.15, 0.2) is 231 Å². The second-order valence-electron chi connectivity index (χ2n) is 19.1. The molecule has 0 fully saturated rings. The predicted octanol–water partition coefficient (Wildman–Crippen LogP) is 16.6. The Morgan fingerprint density at radius 1 is 0.318 bits per heavy atom. The summed E-state index contributed by atoms with van der Waals surface area (Å²) in [7, 11) is 0. The highest BCUT2D eigenvalue weighted by atomic mass is 15.1. The number of hydrogen-bond acceptors (Lipinski definition) is 1. The van der Waals surface area contributed by atoms with Gasteiger partial charge in [0.2, 0.25) is 0 Å². The Hall–Kier alpha value is -8.00. The number of nitrogens with zero attached hydrogens (tertiary/aromatic N) is 1. The van der Waals surface area contributed by atoms with E-state index in [1.165, 1.54) is 106 Å². The molecule has 0 heterocycles. The summed E-state index contributed by atoms with van der Waals surface area (Å²) in [5.74, 6) is 0.208. The van der Waals surface area contributed by atoms with Crippen molar-refractivity contribution in [2.24, 2.45) is 0 Å². The van der Waals surface area contributed by atoms with E-state index in [1.54, 1.807) is 0 Å². The van der Waals surface area contributed by atoms with Crippen molar-refractivity contribution in [3.05, 3.63) is 281 Å².